The van der Waals surface area contributed by atoms with E-state index in [1.807, 2.05) is 12.1 Å². The summed E-state index contributed by atoms with van der Waals surface area (Å²) in [6, 6.07) is 12.0. The second kappa shape index (κ2) is 10.2. The zero-order valence-corrected chi connectivity index (χ0v) is 17.8. The molecule has 0 spiro atoms. The number of amides is 1. The van der Waals surface area contributed by atoms with Crippen molar-refractivity contribution < 1.29 is 27.1 Å². The van der Waals surface area contributed by atoms with E-state index < -0.39 is 20.5 Å². The lowest BCUT2D eigenvalue weighted by molar-refractivity contribution is -0.117. The van der Waals surface area contributed by atoms with Crippen LogP contribution in [0.4, 0.5) is 14.5 Å². The third-order valence-corrected chi connectivity index (χ3v) is 6.95. The number of nitrogens with zero attached hydrogens (tertiary/aromatic N) is 1. The fraction of sp³-hybridized carbons (Fsp3) is 0.409. The monoisotopic (exact) mass is 452 g/mol. The van der Waals surface area contributed by atoms with Crippen molar-refractivity contribution in [2.45, 2.75) is 36.3 Å². The summed E-state index contributed by atoms with van der Waals surface area (Å²) in [4.78, 5) is 13.9. The quantitative estimate of drug-likeness (QED) is 0.638. The summed E-state index contributed by atoms with van der Waals surface area (Å²) in [6.45, 7) is 1.86. The van der Waals surface area contributed by atoms with E-state index in [9.17, 15) is 27.1 Å². The first-order chi connectivity index (χ1) is 14.7. The number of aryl methyl sites for hydroxylation is 1. The molecule has 2 aromatic carbocycles. The van der Waals surface area contributed by atoms with Crippen molar-refractivity contribution in [2.24, 2.45) is 5.92 Å². The fourth-order valence-corrected chi connectivity index (χ4v) is 4.42. The molecule has 3 rings (SSSR count). The Morgan fingerprint density at radius 3 is 2.26 bits per heavy atom. The van der Waals surface area contributed by atoms with Gasteiger partial charge in [0.15, 0.2) is 0 Å². The predicted molar refractivity (Wildman–Crippen MR) is 114 cm³/mol. The lowest BCUT2D eigenvalue weighted by Crippen LogP contribution is -2.39. The number of anilines is 1. The van der Waals surface area contributed by atoms with E-state index in [0.29, 0.717) is 11.6 Å². The molecule has 1 amide bonds. The third kappa shape index (κ3) is 6.48. The molecule has 2 aromatic rings. The molecular formula is C22H26F2N2O4S. The summed E-state index contributed by atoms with van der Waals surface area (Å²) in [5, 5.41) is 12.0. The summed E-state index contributed by atoms with van der Waals surface area (Å²) in [5.41, 5.74) is 1.56. The molecule has 0 atom stereocenters. The largest absolute Gasteiger partial charge is 0.508 e. The molecule has 0 radical (unpaired) electrons. The van der Waals surface area contributed by atoms with Gasteiger partial charge >= 0.3 is 5.76 Å². The van der Waals surface area contributed by atoms with Gasteiger partial charge in [0.25, 0.3) is 0 Å². The Balaban J connectivity index is 1.41. The highest BCUT2D eigenvalue weighted by Gasteiger charge is 2.26. The number of phenolic OH excluding ortho intramolecular Hbond substituents is 1. The molecule has 0 bridgehead atoms. The molecule has 0 saturated carbocycles. The summed E-state index contributed by atoms with van der Waals surface area (Å²) >= 11 is 0. The molecule has 6 nitrogen and oxygen atoms in total. The highest BCUT2D eigenvalue weighted by Crippen LogP contribution is 2.23. The van der Waals surface area contributed by atoms with Crippen molar-refractivity contribution in [1.82, 2.24) is 4.90 Å². The van der Waals surface area contributed by atoms with Gasteiger partial charge in [-0.3, -0.25) is 9.69 Å². The number of rotatable bonds is 8. The SMILES string of the molecule is O=C(CN1CCC(CCc2ccc(O)cc2)CC1)Nc1ccc(S(=O)(=O)C(F)F)cc1. The minimum Gasteiger partial charge on any atom is -0.508 e. The van der Waals surface area contributed by atoms with Gasteiger partial charge in [0.1, 0.15) is 5.75 Å². The maximum absolute atomic E-state index is 12.6. The topological polar surface area (TPSA) is 86.7 Å². The van der Waals surface area contributed by atoms with Crippen LogP contribution in [0, 0.1) is 5.92 Å². The zero-order chi connectivity index (χ0) is 22.4. The van der Waals surface area contributed by atoms with Crippen molar-refractivity contribution in [3.05, 3.63) is 54.1 Å². The number of carbonyl (C=O) groups excluding carboxylic acids is 1. The molecular weight excluding hydrogens is 426 g/mol. The Kier molecular flexibility index (Phi) is 7.61. The van der Waals surface area contributed by atoms with Crippen molar-refractivity contribution in [2.75, 3.05) is 25.0 Å². The van der Waals surface area contributed by atoms with E-state index in [1.54, 1.807) is 12.1 Å². The normalized spacial score (nSPS) is 15.8. The highest BCUT2D eigenvalue weighted by molar-refractivity contribution is 7.91. The molecule has 2 N–H and O–H groups in total. The van der Waals surface area contributed by atoms with E-state index in [0.717, 1.165) is 50.9 Å². The van der Waals surface area contributed by atoms with Crippen LogP contribution >= 0.6 is 0 Å². The van der Waals surface area contributed by atoms with E-state index in [1.165, 1.54) is 17.7 Å². The zero-order valence-electron chi connectivity index (χ0n) is 17.0. The van der Waals surface area contributed by atoms with Crippen LogP contribution in [0.25, 0.3) is 0 Å². The molecule has 168 valence electrons. The number of benzene rings is 2. The van der Waals surface area contributed by atoms with Crippen LogP contribution in [-0.4, -0.2) is 49.7 Å². The number of phenols is 1. The summed E-state index contributed by atoms with van der Waals surface area (Å²) in [5.74, 6) is -2.84. The molecule has 31 heavy (non-hydrogen) atoms. The number of hydrogen-bond acceptors (Lipinski definition) is 5. The first kappa shape index (κ1) is 23.1. The Hall–Kier alpha value is -2.52. The van der Waals surface area contributed by atoms with E-state index in [4.69, 9.17) is 0 Å². The predicted octanol–water partition coefficient (Wildman–Crippen LogP) is 3.67. The molecule has 1 saturated heterocycles. The van der Waals surface area contributed by atoms with E-state index >= 15 is 0 Å². The number of halogens is 2. The van der Waals surface area contributed by atoms with Gasteiger partial charge in [-0.1, -0.05) is 12.1 Å². The molecule has 9 heteroatoms. The second-order valence-corrected chi connectivity index (χ2v) is 9.72. The van der Waals surface area contributed by atoms with Gasteiger partial charge in [-0.05, 0) is 86.7 Å². The second-order valence-electron chi connectivity index (χ2n) is 7.80. The van der Waals surface area contributed by atoms with Crippen LogP contribution in [0.5, 0.6) is 5.75 Å². The van der Waals surface area contributed by atoms with Gasteiger partial charge in [-0.2, -0.15) is 8.78 Å². The molecule has 0 aliphatic carbocycles. The Bertz CT molecular complexity index is 972. The summed E-state index contributed by atoms with van der Waals surface area (Å²) in [7, 11) is -4.64. The molecule has 1 aliphatic heterocycles. The van der Waals surface area contributed by atoms with Crippen LogP contribution in [0.2, 0.25) is 0 Å². The number of hydrogen-bond donors (Lipinski definition) is 2. The maximum atomic E-state index is 12.6. The molecule has 1 aliphatic rings. The number of likely N-dealkylation sites (tertiary alicyclic amines) is 1. The van der Waals surface area contributed by atoms with Gasteiger partial charge in [0.2, 0.25) is 15.7 Å². The summed E-state index contributed by atoms with van der Waals surface area (Å²) < 4.78 is 48.0. The lowest BCUT2D eigenvalue weighted by Gasteiger charge is -2.31. The van der Waals surface area contributed by atoms with Gasteiger partial charge in [-0.25, -0.2) is 8.42 Å². The number of carbonyl (C=O) groups is 1. The number of aromatic hydroxyl groups is 1. The average Bonchev–Trinajstić information content (AvgIpc) is 2.74. The van der Waals surface area contributed by atoms with Crippen LogP contribution in [0.1, 0.15) is 24.8 Å². The van der Waals surface area contributed by atoms with Crippen molar-refractivity contribution in [3.8, 4) is 5.75 Å². The molecule has 1 fully saturated rings. The van der Waals surface area contributed by atoms with Crippen molar-refractivity contribution in [3.63, 3.8) is 0 Å². The molecule has 0 unspecified atom stereocenters. The van der Waals surface area contributed by atoms with Crippen molar-refractivity contribution >= 4 is 21.4 Å². The van der Waals surface area contributed by atoms with Crippen LogP contribution in [-0.2, 0) is 21.1 Å². The average molecular weight is 453 g/mol. The first-order valence-corrected chi connectivity index (χ1v) is 11.7. The number of nitrogens with one attached hydrogen (secondary N) is 1. The summed E-state index contributed by atoms with van der Waals surface area (Å²) in [6.07, 6.45) is 4.04. The van der Waals surface area contributed by atoms with Gasteiger partial charge < -0.3 is 10.4 Å². The Labute approximate surface area is 180 Å². The minimum atomic E-state index is -4.64. The first-order valence-electron chi connectivity index (χ1n) is 10.2. The van der Waals surface area contributed by atoms with E-state index in [-0.39, 0.29) is 18.2 Å². The number of piperidine rings is 1. The Morgan fingerprint density at radius 1 is 1.06 bits per heavy atom. The van der Waals surface area contributed by atoms with Gasteiger partial charge in [-0.15, -0.1) is 0 Å². The maximum Gasteiger partial charge on any atom is 0.341 e. The van der Waals surface area contributed by atoms with Gasteiger partial charge in [0.05, 0.1) is 11.4 Å². The van der Waals surface area contributed by atoms with Crippen LogP contribution < -0.4 is 5.32 Å². The fourth-order valence-electron chi connectivity index (χ4n) is 3.70. The minimum absolute atomic E-state index is 0.224. The Morgan fingerprint density at radius 2 is 1.68 bits per heavy atom. The smallest absolute Gasteiger partial charge is 0.341 e. The molecule has 1 heterocycles. The van der Waals surface area contributed by atoms with Crippen LogP contribution in [0.3, 0.4) is 0 Å². The van der Waals surface area contributed by atoms with Gasteiger partial charge in [0, 0.05) is 5.69 Å². The third-order valence-electron chi connectivity index (χ3n) is 5.55. The highest BCUT2D eigenvalue weighted by atomic mass is 32.2. The molecule has 0 aromatic heterocycles. The number of sulfone groups is 1. The standard InChI is InChI=1S/C22H26F2N2O4S/c23-22(24)31(29,30)20-9-5-18(6-10-20)25-21(28)15-26-13-11-17(12-14-26)2-1-16-3-7-19(27)8-4-16/h3-10,17,22,27H,1-2,11-15H2,(H,25,28). The van der Waals surface area contributed by atoms with E-state index in [2.05, 4.69) is 10.2 Å². The number of alkyl halides is 2. The van der Waals surface area contributed by atoms with Crippen LogP contribution in [0.15, 0.2) is 53.4 Å². The van der Waals surface area contributed by atoms with Crippen molar-refractivity contribution in [1.29, 1.82) is 0 Å². The lowest BCUT2D eigenvalue weighted by atomic mass is 9.90.